The van der Waals surface area contributed by atoms with Gasteiger partial charge in [-0.3, -0.25) is 0 Å². The summed E-state index contributed by atoms with van der Waals surface area (Å²) in [6.45, 7) is 4.77. The summed E-state index contributed by atoms with van der Waals surface area (Å²) in [5.74, 6) is -0.117. The second-order valence-corrected chi connectivity index (χ2v) is 7.10. The molecule has 0 fully saturated rings. The lowest BCUT2D eigenvalue weighted by molar-refractivity contribution is 0.241. The van der Waals surface area contributed by atoms with Crippen molar-refractivity contribution in [3.8, 4) is 0 Å². The van der Waals surface area contributed by atoms with E-state index in [0.717, 1.165) is 5.56 Å². The number of rotatable bonds is 8. The molecule has 0 aliphatic heterocycles. The zero-order valence-electron chi connectivity index (χ0n) is 12.8. The first-order valence-corrected chi connectivity index (χ1v) is 9.12. The van der Waals surface area contributed by atoms with Crippen LogP contribution in [0.1, 0.15) is 19.4 Å². The average Bonchev–Trinajstić information content (AvgIpc) is 2.47. The Labute approximate surface area is 136 Å². The van der Waals surface area contributed by atoms with Crippen LogP contribution in [0, 0.1) is 0 Å². The molecule has 1 aromatic carbocycles. The van der Waals surface area contributed by atoms with Crippen molar-refractivity contribution in [3.63, 3.8) is 0 Å². The molecular formula is C14H22ClN3O3S. The Bertz CT molecular complexity index is 589. The summed E-state index contributed by atoms with van der Waals surface area (Å²) in [5, 5.41) is 5.75. The summed E-state index contributed by atoms with van der Waals surface area (Å²) < 4.78 is 25.2. The summed E-state index contributed by atoms with van der Waals surface area (Å²) in [5.41, 5.74) is 0.801. The third-order valence-corrected chi connectivity index (χ3v) is 5.53. The van der Waals surface area contributed by atoms with Crippen molar-refractivity contribution in [2.24, 2.45) is 0 Å². The van der Waals surface area contributed by atoms with Crippen LogP contribution in [0.3, 0.4) is 0 Å². The van der Waals surface area contributed by atoms with Gasteiger partial charge in [-0.15, -0.1) is 0 Å². The number of benzene rings is 1. The molecule has 124 valence electrons. The normalized spacial score (nSPS) is 11.5. The molecule has 0 bridgehead atoms. The minimum absolute atomic E-state index is 0.0627. The first-order chi connectivity index (χ1) is 10.4. The fourth-order valence-electron chi connectivity index (χ4n) is 1.92. The highest BCUT2D eigenvalue weighted by Gasteiger charge is 2.18. The highest BCUT2D eigenvalue weighted by atomic mass is 35.5. The van der Waals surface area contributed by atoms with Crippen molar-refractivity contribution >= 4 is 27.7 Å². The number of nitrogens with one attached hydrogen (secondary N) is 2. The second kappa shape index (κ2) is 8.97. The molecule has 1 aromatic rings. The molecule has 0 aromatic heterocycles. The topological polar surface area (TPSA) is 78.5 Å². The Morgan fingerprint density at radius 1 is 1.18 bits per heavy atom. The predicted molar refractivity (Wildman–Crippen MR) is 88.4 cm³/mol. The second-order valence-electron chi connectivity index (χ2n) is 4.60. The molecule has 22 heavy (non-hydrogen) atoms. The third-order valence-electron chi connectivity index (χ3n) is 3.14. The highest BCUT2D eigenvalue weighted by Crippen LogP contribution is 2.14. The molecule has 2 N–H and O–H groups in total. The summed E-state index contributed by atoms with van der Waals surface area (Å²) in [6, 6.07) is 6.77. The van der Waals surface area contributed by atoms with Gasteiger partial charge >= 0.3 is 6.03 Å². The zero-order chi connectivity index (χ0) is 16.6. The molecule has 8 heteroatoms. The van der Waals surface area contributed by atoms with Gasteiger partial charge in [0.05, 0.1) is 5.75 Å². The Hall–Kier alpha value is -1.31. The molecule has 0 aliphatic rings. The van der Waals surface area contributed by atoms with Gasteiger partial charge in [0.15, 0.2) is 0 Å². The van der Waals surface area contributed by atoms with Crippen molar-refractivity contribution < 1.29 is 13.2 Å². The summed E-state index contributed by atoms with van der Waals surface area (Å²) in [4.78, 5) is 11.6. The quantitative estimate of drug-likeness (QED) is 0.752. The van der Waals surface area contributed by atoms with Crippen LogP contribution in [0.4, 0.5) is 4.79 Å². The molecule has 0 radical (unpaired) electrons. The maximum atomic E-state index is 11.9. The minimum atomic E-state index is -3.32. The number of hydrogen-bond donors (Lipinski definition) is 2. The molecule has 0 heterocycles. The molecular weight excluding hydrogens is 326 g/mol. The maximum Gasteiger partial charge on any atom is 0.315 e. The van der Waals surface area contributed by atoms with Crippen LogP contribution in [0.5, 0.6) is 0 Å². The van der Waals surface area contributed by atoms with Gasteiger partial charge < -0.3 is 10.6 Å². The number of carbonyl (C=O) groups excluding carboxylic acids is 1. The van der Waals surface area contributed by atoms with E-state index in [1.165, 1.54) is 4.31 Å². The number of urea groups is 1. The largest absolute Gasteiger partial charge is 0.337 e. The van der Waals surface area contributed by atoms with E-state index < -0.39 is 16.1 Å². The number of carbonyl (C=O) groups is 1. The van der Waals surface area contributed by atoms with Gasteiger partial charge in [-0.1, -0.05) is 43.6 Å². The smallest absolute Gasteiger partial charge is 0.315 e. The summed E-state index contributed by atoms with van der Waals surface area (Å²) >= 11 is 5.98. The minimum Gasteiger partial charge on any atom is -0.337 e. The molecule has 6 nitrogen and oxygen atoms in total. The van der Waals surface area contributed by atoms with E-state index in [-0.39, 0.29) is 18.8 Å². The van der Waals surface area contributed by atoms with Gasteiger partial charge in [0, 0.05) is 31.2 Å². The lowest BCUT2D eigenvalue weighted by Crippen LogP contribution is -2.40. The number of halogens is 1. The molecule has 0 spiro atoms. The molecule has 0 aliphatic carbocycles. The van der Waals surface area contributed by atoms with Gasteiger partial charge in [0.1, 0.15) is 0 Å². The fourth-order valence-corrected chi connectivity index (χ4v) is 3.53. The van der Waals surface area contributed by atoms with Gasteiger partial charge in [0.2, 0.25) is 10.0 Å². The molecule has 0 unspecified atom stereocenters. The Kier molecular flexibility index (Phi) is 7.64. The maximum absolute atomic E-state index is 11.9. The first kappa shape index (κ1) is 18.7. The number of hydrogen-bond acceptors (Lipinski definition) is 3. The summed E-state index contributed by atoms with van der Waals surface area (Å²) in [7, 11) is -3.32. The zero-order valence-corrected chi connectivity index (χ0v) is 14.4. The Morgan fingerprint density at radius 3 is 2.41 bits per heavy atom. The molecule has 0 saturated carbocycles. The molecule has 0 atom stereocenters. The van der Waals surface area contributed by atoms with Gasteiger partial charge in [-0.05, 0) is 11.6 Å². The molecule has 0 saturated heterocycles. The van der Waals surface area contributed by atoms with E-state index in [1.807, 2.05) is 18.2 Å². The molecule has 1 rings (SSSR count). The fraction of sp³-hybridized carbons (Fsp3) is 0.500. The van der Waals surface area contributed by atoms with Gasteiger partial charge in [0.25, 0.3) is 0 Å². The lowest BCUT2D eigenvalue weighted by atomic mass is 10.2. The van der Waals surface area contributed by atoms with Crippen molar-refractivity contribution in [3.05, 3.63) is 34.9 Å². The van der Waals surface area contributed by atoms with E-state index in [9.17, 15) is 13.2 Å². The van der Waals surface area contributed by atoms with Crippen LogP contribution in [0.15, 0.2) is 24.3 Å². The van der Waals surface area contributed by atoms with Crippen LogP contribution < -0.4 is 10.6 Å². The van der Waals surface area contributed by atoms with E-state index >= 15 is 0 Å². The predicted octanol–water partition coefficient (Wildman–Crippen LogP) is 1.81. The van der Waals surface area contributed by atoms with E-state index in [0.29, 0.717) is 18.1 Å². The van der Waals surface area contributed by atoms with Gasteiger partial charge in [-0.2, -0.15) is 0 Å². The van der Waals surface area contributed by atoms with Crippen molar-refractivity contribution in [2.45, 2.75) is 20.4 Å². The van der Waals surface area contributed by atoms with Crippen LogP contribution >= 0.6 is 11.6 Å². The van der Waals surface area contributed by atoms with Crippen LogP contribution in [0.2, 0.25) is 5.02 Å². The SMILES string of the molecule is CCN(CC)S(=O)(=O)CCNC(=O)NCc1ccccc1Cl. The van der Waals surface area contributed by atoms with Crippen molar-refractivity contribution in [1.29, 1.82) is 0 Å². The van der Waals surface area contributed by atoms with Crippen molar-refractivity contribution in [1.82, 2.24) is 14.9 Å². The standard InChI is InChI=1S/C14H22ClN3O3S/c1-3-18(4-2)22(20,21)10-9-16-14(19)17-11-12-7-5-6-8-13(12)15/h5-8H,3-4,9-11H2,1-2H3,(H2,16,17,19). The monoisotopic (exact) mass is 347 g/mol. The molecule has 2 amide bonds. The van der Waals surface area contributed by atoms with Crippen LogP contribution in [-0.2, 0) is 16.6 Å². The first-order valence-electron chi connectivity index (χ1n) is 7.13. The summed E-state index contributed by atoms with van der Waals surface area (Å²) in [6.07, 6.45) is 0. The average molecular weight is 348 g/mol. The number of nitrogens with zero attached hydrogens (tertiary/aromatic N) is 1. The van der Waals surface area contributed by atoms with E-state index in [2.05, 4.69) is 10.6 Å². The lowest BCUT2D eigenvalue weighted by Gasteiger charge is -2.18. The number of amides is 2. The number of sulfonamides is 1. The van der Waals surface area contributed by atoms with E-state index in [1.54, 1.807) is 19.9 Å². The highest BCUT2D eigenvalue weighted by molar-refractivity contribution is 7.89. The Balaban J connectivity index is 2.37. The third kappa shape index (κ3) is 5.82. The Morgan fingerprint density at radius 2 is 1.82 bits per heavy atom. The van der Waals surface area contributed by atoms with Crippen molar-refractivity contribution in [2.75, 3.05) is 25.4 Å². The van der Waals surface area contributed by atoms with Crippen LogP contribution in [-0.4, -0.2) is 44.1 Å². The van der Waals surface area contributed by atoms with E-state index in [4.69, 9.17) is 11.6 Å². The van der Waals surface area contributed by atoms with Crippen LogP contribution in [0.25, 0.3) is 0 Å². The van der Waals surface area contributed by atoms with Gasteiger partial charge in [-0.25, -0.2) is 17.5 Å².